The Morgan fingerprint density at radius 3 is 2.69 bits per heavy atom. The number of likely N-dealkylation sites (tertiary alicyclic amines) is 1. The molecule has 0 amide bonds. The smallest absolute Gasteiger partial charge is 0.0383 e. The predicted octanol–water partition coefficient (Wildman–Crippen LogP) is 3.26. The zero-order chi connectivity index (χ0) is 11.5. The van der Waals surface area contributed by atoms with E-state index < -0.39 is 0 Å². The van der Waals surface area contributed by atoms with Crippen molar-refractivity contribution in [3.8, 4) is 0 Å². The average Bonchev–Trinajstić information content (AvgIpc) is 2.27. The lowest BCUT2D eigenvalue weighted by Gasteiger charge is -2.30. The van der Waals surface area contributed by atoms with Crippen LogP contribution in [0.1, 0.15) is 18.4 Å². The Kier molecular flexibility index (Phi) is 3.87. The number of hydrogen-bond acceptors (Lipinski definition) is 2. The zero-order valence-electron chi connectivity index (χ0n) is 9.96. The first kappa shape index (κ1) is 11.9. The summed E-state index contributed by atoms with van der Waals surface area (Å²) in [6, 6.07) is 7.05. The molecular weight excluding hydrogens is 264 g/mol. The third-order valence-electron chi connectivity index (χ3n) is 3.28. The maximum Gasteiger partial charge on any atom is 0.0383 e. The van der Waals surface area contributed by atoms with Crippen LogP contribution in [0, 0.1) is 6.92 Å². The molecule has 0 radical (unpaired) electrons. The van der Waals surface area contributed by atoms with E-state index in [1.807, 2.05) is 0 Å². The molecule has 1 aliphatic rings. The normalized spacial score (nSPS) is 18.7. The number of hydrogen-bond donors (Lipinski definition) is 1. The molecule has 1 aromatic carbocycles. The molecule has 1 saturated heterocycles. The minimum Gasteiger partial charge on any atom is -0.382 e. The van der Waals surface area contributed by atoms with Crippen molar-refractivity contribution in [2.45, 2.75) is 25.8 Å². The second-order valence-electron chi connectivity index (χ2n) is 4.68. The highest BCUT2D eigenvalue weighted by atomic mass is 79.9. The Morgan fingerprint density at radius 1 is 1.31 bits per heavy atom. The van der Waals surface area contributed by atoms with Gasteiger partial charge in [-0.2, -0.15) is 0 Å². The highest BCUT2D eigenvalue weighted by molar-refractivity contribution is 9.10. The van der Waals surface area contributed by atoms with Crippen LogP contribution in [0.4, 0.5) is 5.69 Å². The number of nitrogens with zero attached hydrogens (tertiary/aromatic N) is 1. The lowest BCUT2D eigenvalue weighted by Crippen LogP contribution is -2.36. The van der Waals surface area contributed by atoms with Gasteiger partial charge in [-0.25, -0.2) is 0 Å². The van der Waals surface area contributed by atoms with Gasteiger partial charge in [0.1, 0.15) is 0 Å². The molecule has 0 saturated carbocycles. The molecule has 0 bridgehead atoms. The highest BCUT2D eigenvalue weighted by Crippen LogP contribution is 2.23. The van der Waals surface area contributed by atoms with E-state index in [1.165, 1.54) is 37.2 Å². The van der Waals surface area contributed by atoms with Crippen molar-refractivity contribution in [3.63, 3.8) is 0 Å². The maximum atomic E-state index is 3.65. The van der Waals surface area contributed by atoms with Crippen LogP contribution in [0.3, 0.4) is 0 Å². The molecule has 0 spiro atoms. The van der Waals surface area contributed by atoms with Gasteiger partial charge in [0.05, 0.1) is 0 Å². The van der Waals surface area contributed by atoms with E-state index in [1.54, 1.807) is 0 Å². The van der Waals surface area contributed by atoms with Gasteiger partial charge >= 0.3 is 0 Å². The molecule has 88 valence electrons. The van der Waals surface area contributed by atoms with Gasteiger partial charge in [0, 0.05) is 16.2 Å². The van der Waals surface area contributed by atoms with Crippen molar-refractivity contribution < 1.29 is 0 Å². The molecule has 3 heteroatoms. The van der Waals surface area contributed by atoms with Gasteiger partial charge in [0.25, 0.3) is 0 Å². The lowest BCUT2D eigenvalue weighted by molar-refractivity contribution is 0.264. The minimum atomic E-state index is 0.629. The zero-order valence-corrected chi connectivity index (χ0v) is 11.5. The van der Waals surface area contributed by atoms with Crippen LogP contribution >= 0.6 is 15.9 Å². The van der Waals surface area contributed by atoms with E-state index in [0.29, 0.717) is 6.04 Å². The van der Waals surface area contributed by atoms with Gasteiger partial charge in [-0.1, -0.05) is 22.0 Å². The predicted molar refractivity (Wildman–Crippen MR) is 73.0 cm³/mol. The number of anilines is 1. The summed E-state index contributed by atoms with van der Waals surface area (Å²) in [5.74, 6) is 0. The number of nitrogens with one attached hydrogen (secondary N) is 1. The van der Waals surface area contributed by atoms with E-state index in [-0.39, 0.29) is 0 Å². The third kappa shape index (κ3) is 2.98. The second kappa shape index (κ2) is 5.19. The van der Waals surface area contributed by atoms with E-state index in [4.69, 9.17) is 0 Å². The molecule has 2 nitrogen and oxygen atoms in total. The summed E-state index contributed by atoms with van der Waals surface area (Å²) in [4.78, 5) is 2.39. The summed E-state index contributed by atoms with van der Waals surface area (Å²) < 4.78 is 1.15. The van der Waals surface area contributed by atoms with Crippen molar-refractivity contribution in [2.24, 2.45) is 0 Å². The molecule has 1 aromatic rings. The van der Waals surface area contributed by atoms with E-state index >= 15 is 0 Å². The molecule has 0 unspecified atom stereocenters. The maximum absolute atomic E-state index is 3.65. The first-order valence-corrected chi connectivity index (χ1v) is 6.65. The van der Waals surface area contributed by atoms with Crippen molar-refractivity contribution in [1.82, 2.24) is 4.90 Å². The Labute approximate surface area is 106 Å². The summed E-state index contributed by atoms with van der Waals surface area (Å²) in [6.07, 6.45) is 2.48. The first-order valence-electron chi connectivity index (χ1n) is 5.86. The van der Waals surface area contributed by atoms with Crippen LogP contribution in [-0.2, 0) is 0 Å². The van der Waals surface area contributed by atoms with Gasteiger partial charge in [-0.15, -0.1) is 0 Å². The van der Waals surface area contributed by atoms with Crippen LogP contribution in [0.5, 0.6) is 0 Å². The van der Waals surface area contributed by atoms with Crippen LogP contribution in [0.25, 0.3) is 0 Å². The Morgan fingerprint density at radius 2 is 2.00 bits per heavy atom. The summed E-state index contributed by atoms with van der Waals surface area (Å²) in [5.41, 5.74) is 2.59. The fraction of sp³-hybridized carbons (Fsp3) is 0.538. The summed E-state index contributed by atoms with van der Waals surface area (Å²) in [5, 5.41) is 3.65. The second-order valence-corrected chi connectivity index (χ2v) is 5.60. The lowest BCUT2D eigenvalue weighted by atomic mass is 10.0. The van der Waals surface area contributed by atoms with E-state index in [9.17, 15) is 0 Å². The van der Waals surface area contributed by atoms with Crippen LogP contribution < -0.4 is 5.32 Å². The minimum absolute atomic E-state index is 0.629. The van der Waals surface area contributed by atoms with Crippen LogP contribution in [0.15, 0.2) is 22.7 Å². The van der Waals surface area contributed by atoms with Crippen molar-refractivity contribution in [2.75, 3.05) is 25.5 Å². The largest absolute Gasteiger partial charge is 0.382 e. The fourth-order valence-electron chi connectivity index (χ4n) is 2.12. The van der Waals surface area contributed by atoms with Gasteiger partial charge < -0.3 is 10.2 Å². The Balaban J connectivity index is 2.00. The molecule has 1 aliphatic heterocycles. The molecule has 1 N–H and O–H groups in total. The number of benzene rings is 1. The first-order chi connectivity index (χ1) is 7.65. The topological polar surface area (TPSA) is 15.3 Å². The van der Waals surface area contributed by atoms with Crippen LogP contribution in [-0.4, -0.2) is 31.1 Å². The summed E-state index contributed by atoms with van der Waals surface area (Å²) in [6.45, 7) is 4.55. The summed E-state index contributed by atoms with van der Waals surface area (Å²) >= 11 is 3.52. The number of rotatable bonds is 2. The molecule has 0 aliphatic carbocycles. The van der Waals surface area contributed by atoms with Gasteiger partial charge in [-0.3, -0.25) is 0 Å². The standard InChI is InChI=1S/C13H19BrN2/c1-10-3-4-11(14)9-13(10)15-12-5-7-16(2)8-6-12/h3-4,9,12,15H,5-8H2,1-2H3. The Bertz CT molecular complexity index is 357. The Hall–Kier alpha value is -0.540. The van der Waals surface area contributed by atoms with Gasteiger partial charge in [-0.05, 0) is 57.6 Å². The molecule has 1 heterocycles. The molecule has 2 rings (SSSR count). The third-order valence-corrected chi connectivity index (χ3v) is 3.77. The number of aryl methyl sites for hydroxylation is 1. The fourth-order valence-corrected chi connectivity index (χ4v) is 2.48. The molecule has 16 heavy (non-hydrogen) atoms. The van der Waals surface area contributed by atoms with Crippen molar-refractivity contribution >= 4 is 21.6 Å². The average molecular weight is 283 g/mol. The highest BCUT2D eigenvalue weighted by Gasteiger charge is 2.16. The number of piperidine rings is 1. The number of halogens is 1. The van der Waals surface area contributed by atoms with E-state index in [0.717, 1.165) is 4.47 Å². The SMILES string of the molecule is Cc1ccc(Br)cc1NC1CCN(C)CC1. The molecular formula is C13H19BrN2. The van der Waals surface area contributed by atoms with Crippen molar-refractivity contribution in [3.05, 3.63) is 28.2 Å². The molecule has 0 atom stereocenters. The van der Waals surface area contributed by atoms with Crippen molar-refractivity contribution in [1.29, 1.82) is 0 Å². The van der Waals surface area contributed by atoms with Gasteiger partial charge in [0.2, 0.25) is 0 Å². The quantitative estimate of drug-likeness (QED) is 0.896. The molecule has 0 aromatic heterocycles. The monoisotopic (exact) mass is 282 g/mol. The van der Waals surface area contributed by atoms with E-state index in [2.05, 4.69) is 58.3 Å². The summed E-state index contributed by atoms with van der Waals surface area (Å²) in [7, 11) is 2.20. The van der Waals surface area contributed by atoms with Crippen LogP contribution in [0.2, 0.25) is 0 Å². The van der Waals surface area contributed by atoms with Gasteiger partial charge in [0.15, 0.2) is 0 Å². The molecule has 1 fully saturated rings.